The highest BCUT2D eigenvalue weighted by Gasteiger charge is 2.18. The number of aliphatic imine (C=N–C) groups is 1. The third-order valence-electron chi connectivity index (χ3n) is 3.84. The quantitative estimate of drug-likeness (QED) is 0.821. The first-order valence-electron chi connectivity index (χ1n) is 7.22. The molecule has 102 valence electrons. The Labute approximate surface area is 120 Å². The Bertz CT molecular complexity index is 535. The smallest absolute Gasteiger partial charge is 0.102 e. The van der Waals surface area contributed by atoms with Crippen LogP contribution in [0.5, 0.6) is 0 Å². The zero-order valence-corrected chi connectivity index (χ0v) is 11.9. The lowest BCUT2D eigenvalue weighted by Gasteiger charge is -2.18. The maximum atomic E-state index is 5.04. The Morgan fingerprint density at radius 2 is 1.45 bits per heavy atom. The Kier molecular flexibility index (Phi) is 3.82. The molecule has 0 radical (unpaired) electrons. The molecule has 0 amide bonds. The molecule has 1 fully saturated rings. The highest BCUT2D eigenvalue weighted by Crippen LogP contribution is 2.27. The van der Waals surface area contributed by atoms with Crippen LogP contribution in [-0.4, -0.2) is 24.3 Å². The van der Waals surface area contributed by atoms with Crippen LogP contribution in [-0.2, 0) is 0 Å². The molecule has 0 N–H and O–H groups in total. The minimum absolute atomic E-state index is 0.105. The van der Waals surface area contributed by atoms with Gasteiger partial charge in [-0.05, 0) is 17.5 Å². The monoisotopic (exact) mass is 264 g/mol. The summed E-state index contributed by atoms with van der Waals surface area (Å²) in [4.78, 5) is 7.32. The Morgan fingerprint density at radius 1 is 0.900 bits per heavy atom. The van der Waals surface area contributed by atoms with Gasteiger partial charge in [0.1, 0.15) is 6.04 Å². The van der Waals surface area contributed by atoms with Gasteiger partial charge in [-0.3, -0.25) is 4.99 Å². The van der Waals surface area contributed by atoms with Crippen molar-refractivity contribution < 1.29 is 0 Å². The number of amidine groups is 1. The van der Waals surface area contributed by atoms with Gasteiger partial charge in [-0.25, -0.2) is 0 Å². The zero-order valence-electron chi connectivity index (χ0n) is 11.9. The van der Waals surface area contributed by atoms with E-state index in [1.165, 1.54) is 23.4 Å². The molecule has 0 aromatic heterocycles. The van der Waals surface area contributed by atoms with Crippen molar-refractivity contribution in [2.45, 2.75) is 18.9 Å². The molecule has 2 nitrogen and oxygen atoms in total. The van der Waals surface area contributed by atoms with Gasteiger partial charge in [-0.2, -0.15) is 0 Å². The fraction of sp³-hybridized carbons (Fsp3) is 0.278. The minimum atomic E-state index is 0.105. The third-order valence-corrected chi connectivity index (χ3v) is 3.84. The Balaban J connectivity index is 2.00. The van der Waals surface area contributed by atoms with E-state index in [2.05, 4.69) is 72.6 Å². The lowest BCUT2D eigenvalue weighted by atomic mass is 9.99. The van der Waals surface area contributed by atoms with Crippen molar-refractivity contribution in [3.05, 3.63) is 71.8 Å². The number of nitrogens with zero attached hydrogens (tertiary/aromatic N) is 2. The zero-order chi connectivity index (χ0) is 13.8. The Morgan fingerprint density at radius 3 is 1.90 bits per heavy atom. The van der Waals surface area contributed by atoms with Crippen LogP contribution in [0.1, 0.15) is 30.0 Å². The van der Waals surface area contributed by atoms with Gasteiger partial charge in [-0.15, -0.1) is 0 Å². The molecule has 2 aromatic carbocycles. The normalized spacial score (nSPS) is 17.1. The molecule has 0 bridgehead atoms. The van der Waals surface area contributed by atoms with Crippen LogP contribution >= 0.6 is 0 Å². The van der Waals surface area contributed by atoms with Gasteiger partial charge in [0.2, 0.25) is 0 Å². The highest BCUT2D eigenvalue weighted by atomic mass is 15.2. The fourth-order valence-electron chi connectivity index (χ4n) is 2.72. The van der Waals surface area contributed by atoms with Crippen LogP contribution in [0.15, 0.2) is 65.7 Å². The second-order valence-corrected chi connectivity index (χ2v) is 5.29. The summed E-state index contributed by atoms with van der Waals surface area (Å²) in [5.74, 6) is 1.22. The van der Waals surface area contributed by atoms with E-state index in [1.807, 2.05) is 0 Å². The number of benzene rings is 2. The first kappa shape index (κ1) is 12.9. The maximum absolute atomic E-state index is 5.04. The van der Waals surface area contributed by atoms with E-state index in [-0.39, 0.29) is 6.04 Å². The van der Waals surface area contributed by atoms with Gasteiger partial charge in [0.05, 0.1) is 5.84 Å². The van der Waals surface area contributed by atoms with Crippen LogP contribution in [0.2, 0.25) is 0 Å². The van der Waals surface area contributed by atoms with Gasteiger partial charge in [0, 0.05) is 20.0 Å². The number of hydrogen-bond donors (Lipinski definition) is 0. The van der Waals surface area contributed by atoms with Crippen molar-refractivity contribution in [2.24, 2.45) is 4.99 Å². The summed E-state index contributed by atoms with van der Waals surface area (Å²) in [5.41, 5.74) is 2.51. The lowest BCUT2D eigenvalue weighted by Crippen LogP contribution is -2.20. The second-order valence-electron chi connectivity index (χ2n) is 5.29. The number of likely N-dealkylation sites (tertiary alicyclic amines) is 1. The highest BCUT2D eigenvalue weighted by molar-refractivity contribution is 5.84. The molecule has 1 heterocycles. The molecule has 2 aromatic rings. The van der Waals surface area contributed by atoms with Crippen LogP contribution in [0, 0.1) is 0 Å². The predicted molar refractivity (Wildman–Crippen MR) is 84.0 cm³/mol. The first-order chi connectivity index (χ1) is 9.84. The summed E-state index contributed by atoms with van der Waals surface area (Å²) < 4.78 is 0. The number of hydrogen-bond acceptors (Lipinski definition) is 1. The van der Waals surface area contributed by atoms with E-state index in [1.54, 1.807) is 0 Å². The van der Waals surface area contributed by atoms with E-state index in [4.69, 9.17) is 4.99 Å². The van der Waals surface area contributed by atoms with Crippen molar-refractivity contribution in [2.75, 3.05) is 13.6 Å². The average molecular weight is 264 g/mol. The van der Waals surface area contributed by atoms with Gasteiger partial charge in [-0.1, -0.05) is 60.7 Å². The summed E-state index contributed by atoms with van der Waals surface area (Å²) in [6.45, 7) is 1.12. The molecule has 1 saturated heterocycles. The van der Waals surface area contributed by atoms with Crippen molar-refractivity contribution >= 4 is 5.84 Å². The van der Waals surface area contributed by atoms with E-state index in [0.717, 1.165) is 13.0 Å². The van der Waals surface area contributed by atoms with E-state index < -0.39 is 0 Å². The third kappa shape index (κ3) is 2.74. The van der Waals surface area contributed by atoms with Crippen molar-refractivity contribution in [3.63, 3.8) is 0 Å². The average Bonchev–Trinajstić information content (AvgIpc) is 2.92. The first-order valence-corrected chi connectivity index (χ1v) is 7.22. The second kappa shape index (κ2) is 5.91. The number of rotatable bonds is 3. The SMILES string of the molecule is CN1CCCC1=NC(c1ccccc1)c1ccccc1. The summed E-state index contributed by atoms with van der Waals surface area (Å²) >= 11 is 0. The summed E-state index contributed by atoms with van der Waals surface area (Å²) in [6, 6.07) is 21.2. The van der Waals surface area contributed by atoms with Gasteiger partial charge in [0.25, 0.3) is 0 Å². The van der Waals surface area contributed by atoms with E-state index >= 15 is 0 Å². The van der Waals surface area contributed by atoms with Crippen molar-refractivity contribution in [1.82, 2.24) is 4.90 Å². The van der Waals surface area contributed by atoms with E-state index in [9.17, 15) is 0 Å². The topological polar surface area (TPSA) is 15.6 Å². The van der Waals surface area contributed by atoms with Crippen molar-refractivity contribution in [1.29, 1.82) is 0 Å². The lowest BCUT2D eigenvalue weighted by molar-refractivity contribution is 0.545. The van der Waals surface area contributed by atoms with Crippen LogP contribution in [0.25, 0.3) is 0 Å². The molecule has 1 aliphatic rings. The molecule has 0 unspecified atom stereocenters. The molecule has 0 spiro atoms. The maximum Gasteiger partial charge on any atom is 0.102 e. The molecule has 0 aliphatic carbocycles. The predicted octanol–water partition coefficient (Wildman–Crippen LogP) is 3.90. The summed E-state index contributed by atoms with van der Waals surface area (Å²) in [5, 5.41) is 0. The molecule has 20 heavy (non-hydrogen) atoms. The Hall–Kier alpha value is -2.09. The van der Waals surface area contributed by atoms with Crippen LogP contribution < -0.4 is 0 Å². The molecule has 1 aliphatic heterocycles. The van der Waals surface area contributed by atoms with Crippen molar-refractivity contribution in [3.8, 4) is 0 Å². The van der Waals surface area contributed by atoms with Crippen LogP contribution in [0.3, 0.4) is 0 Å². The van der Waals surface area contributed by atoms with Gasteiger partial charge < -0.3 is 4.90 Å². The van der Waals surface area contributed by atoms with Gasteiger partial charge in [0.15, 0.2) is 0 Å². The summed E-state index contributed by atoms with van der Waals surface area (Å²) in [6.07, 6.45) is 2.30. The largest absolute Gasteiger partial charge is 0.363 e. The molecule has 3 rings (SSSR count). The molecule has 0 saturated carbocycles. The summed E-state index contributed by atoms with van der Waals surface area (Å²) in [7, 11) is 2.14. The van der Waals surface area contributed by atoms with Crippen LogP contribution in [0.4, 0.5) is 0 Å². The molecule has 2 heteroatoms. The molecule has 0 atom stereocenters. The molecular formula is C18H20N2. The minimum Gasteiger partial charge on any atom is -0.363 e. The van der Waals surface area contributed by atoms with E-state index in [0.29, 0.717) is 0 Å². The fourth-order valence-corrected chi connectivity index (χ4v) is 2.72. The standard InChI is InChI=1S/C18H20N2/c1-20-14-8-13-17(20)19-18(15-9-4-2-5-10-15)16-11-6-3-7-12-16/h2-7,9-12,18H,8,13-14H2,1H3. The molecular weight excluding hydrogens is 244 g/mol. The van der Waals surface area contributed by atoms with Gasteiger partial charge >= 0.3 is 0 Å².